The van der Waals surface area contributed by atoms with Gasteiger partial charge in [0.1, 0.15) is 5.75 Å². The lowest BCUT2D eigenvalue weighted by Gasteiger charge is -2.36. The van der Waals surface area contributed by atoms with E-state index in [9.17, 15) is 13.2 Å². The maximum atomic E-state index is 13.0. The SMILES string of the molecule is COc1ccc(C(=O)Nc2ccc(S(=O)(=O)N3CCC4(CC3)OCCO4)cc2)cc1I. The summed E-state index contributed by atoms with van der Waals surface area (Å²) in [6.07, 6.45) is 1.03. The Hall–Kier alpha value is -1.73. The van der Waals surface area contributed by atoms with Crippen molar-refractivity contribution in [1.82, 2.24) is 4.31 Å². The number of hydrogen-bond acceptors (Lipinski definition) is 6. The Kier molecular flexibility index (Phi) is 6.54. The van der Waals surface area contributed by atoms with Crippen LogP contribution >= 0.6 is 22.6 Å². The van der Waals surface area contributed by atoms with Crippen molar-refractivity contribution in [3.8, 4) is 5.75 Å². The molecular weight excluding hydrogens is 535 g/mol. The highest BCUT2D eigenvalue weighted by atomic mass is 127. The van der Waals surface area contributed by atoms with Crippen molar-refractivity contribution in [3.05, 3.63) is 51.6 Å². The van der Waals surface area contributed by atoms with Crippen LogP contribution in [0, 0.1) is 3.57 Å². The van der Waals surface area contributed by atoms with Crippen LogP contribution in [-0.4, -0.2) is 57.8 Å². The van der Waals surface area contributed by atoms with Crippen LogP contribution in [0.4, 0.5) is 5.69 Å². The van der Waals surface area contributed by atoms with E-state index >= 15 is 0 Å². The van der Waals surface area contributed by atoms with Gasteiger partial charge in [0.2, 0.25) is 10.0 Å². The molecule has 1 N–H and O–H groups in total. The van der Waals surface area contributed by atoms with Crippen molar-refractivity contribution in [2.75, 3.05) is 38.7 Å². The largest absolute Gasteiger partial charge is 0.496 e. The van der Waals surface area contributed by atoms with Crippen LogP contribution in [0.25, 0.3) is 0 Å². The van der Waals surface area contributed by atoms with Crippen LogP contribution in [0.15, 0.2) is 47.4 Å². The van der Waals surface area contributed by atoms with Gasteiger partial charge in [0.15, 0.2) is 5.79 Å². The summed E-state index contributed by atoms with van der Waals surface area (Å²) < 4.78 is 44.8. The molecule has 4 rings (SSSR count). The molecule has 0 bridgehead atoms. The molecule has 2 fully saturated rings. The molecule has 0 aliphatic carbocycles. The van der Waals surface area contributed by atoms with Crippen molar-refractivity contribution in [1.29, 1.82) is 0 Å². The fraction of sp³-hybridized carbons (Fsp3) is 0.381. The Morgan fingerprint density at radius 2 is 1.74 bits per heavy atom. The Bertz CT molecular complexity index is 1060. The Morgan fingerprint density at radius 3 is 2.32 bits per heavy atom. The lowest BCUT2D eigenvalue weighted by Crippen LogP contribution is -2.47. The lowest BCUT2D eigenvalue weighted by molar-refractivity contribution is -0.179. The van der Waals surface area contributed by atoms with Gasteiger partial charge in [-0.15, -0.1) is 0 Å². The van der Waals surface area contributed by atoms with Crippen LogP contribution in [-0.2, 0) is 19.5 Å². The summed E-state index contributed by atoms with van der Waals surface area (Å²) in [5, 5.41) is 2.79. The minimum atomic E-state index is -3.62. The number of hydrogen-bond donors (Lipinski definition) is 1. The summed E-state index contributed by atoms with van der Waals surface area (Å²) in [4.78, 5) is 12.7. The van der Waals surface area contributed by atoms with Gasteiger partial charge in [-0.05, 0) is 65.1 Å². The Morgan fingerprint density at radius 1 is 1.10 bits per heavy atom. The van der Waals surface area contributed by atoms with Crippen molar-refractivity contribution >= 4 is 44.2 Å². The molecule has 0 saturated carbocycles. The average Bonchev–Trinajstić information content (AvgIpc) is 3.22. The summed E-state index contributed by atoms with van der Waals surface area (Å²) in [5.41, 5.74) is 1.00. The molecule has 31 heavy (non-hydrogen) atoms. The highest BCUT2D eigenvalue weighted by molar-refractivity contribution is 14.1. The van der Waals surface area contributed by atoms with Gasteiger partial charge < -0.3 is 19.5 Å². The van der Waals surface area contributed by atoms with Gasteiger partial charge in [-0.3, -0.25) is 4.79 Å². The van der Waals surface area contributed by atoms with E-state index in [1.807, 2.05) is 0 Å². The number of anilines is 1. The quantitative estimate of drug-likeness (QED) is 0.568. The molecule has 2 aromatic carbocycles. The summed E-state index contributed by atoms with van der Waals surface area (Å²) in [6, 6.07) is 11.3. The van der Waals surface area contributed by atoms with E-state index in [1.54, 1.807) is 37.4 Å². The van der Waals surface area contributed by atoms with Gasteiger partial charge >= 0.3 is 0 Å². The molecule has 1 amide bonds. The van der Waals surface area contributed by atoms with Crippen LogP contribution in [0.5, 0.6) is 5.75 Å². The molecule has 0 radical (unpaired) electrons. The Labute approximate surface area is 195 Å². The van der Waals surface area contributed by atoms with Crippen molar-refractivity contribution in [2.45, 2.75) is 23.5 Å². The number of sulfonamides is 1. The summed E-state index contributed by atoms with van der Waals surface area (Å²) in [6.45, 7) is 1.79. The molecule has 2 saturated heterocycles. The van der Waals surface area contributed by atoms with Crippen molar-refractivity contribution < 1.29 is 27.4 Å². The normalized spacial score (nSPS) is 18.8. The first kappa shape index (κ1) is 22.5. The topological polar surface area (TPSA) is 94.2 Å². The molecule has 0 atom stereocenters. The van der Waals surface area contributed by atoms with E-state index in [0.717, 1.165) is 3.57 Å². The number of carbonyl (C=O) groups is 1. The molecule has 2 aliphatic heterocycles. The minimum Gasteiger partial charge on any atom is -0.496 e. The Balaban J connectivity index is 1.41. The van der Waals surface area contributed by atoms with Gasteiger partial charge in [0.05, 0.1) is 28.8 Å². The zero-order valence-electron chi connectivity index (χ0n) is 17.0. The van der Waals surface area contributed by atoms with Gasteiger partial charge in [0.25, 0.3) is 5.91 Å². The molecule has 1 spiro atoms. The lowest BCUT2D eigenvalue weighted by atomic mass is 10.1. The molecule has 10 heteroatoms. The first-order valence-electron chi connectivity index (χ1n) is 9.86. The van der Waals surface area contributed by atoms with E-state index in [2.05, 4.69) is 27.9 Å². The predicted molar refractivity (Wildman–Crippen MR) is 123 cm³/mol. The van der Waals surface area contributed by atoms with Gasteiger partial charge in [0, 0.05) is 37.2 Å². The number of carbonyl (C=O) groups excluding carboxylic acids is 1. The zero-order valence-corrected chi connectivity index (χ0v) is 19.9. The number of rotatable bonds is 5. The number of nitrogens with one attached hydrogen (secondary N) is 1. The molecular formula is C21H23IN2O6S. The van der Waals surface area contributed by atoms with Crippen LogP contribution in [0.1, 0.15) is 23.2 Å². The van der Waals surface area contributed by atoms with Crippen molar-refractivity contribution in [3.63, 3.8) is 0 Å². The molecule has 8 nitrogen and oxygen atoms in total. The number of halogens is 1. The van der Waals surface area contributed by atoms with Gasteiger partial charge in [-0.1, -0.05) is 0 Å². The maximum absolute atomic E-state index is 13.0. The summed E-state index contributed by atoms with van der Waals surface area (Å²) in [7, 11) is -2.05. The number of ether oxygens (including phenoxy) is 3. The van der Waals surface area contributed by atoms with Crippen LogP contribution in [0.3, 0.4) is 0 Å². The standard InChI is InChI=1S/C21H23IN2O6S/c1-28-19-7-2-15(14-18(19)22)20(25)23-16-3-5-17(6-4-16)31(26,27)24-10-8-21(9-11-24)29-12-13-30-21/h2-7,14H,8-13H2,1H3,(H,23,25). The fourth-order valence-electron chi connectivity index (χ4n) is 3.72. The third-order valence-electron chi connectivity index (χ3n) is 5.46. The number of piperidine rings is 1. The molecule has 166 valence electrons. The van der Waals surface area contributed by atoms with Gasteiger partial charge in [-0.25, -0.2) is 8.42 Å². The fourth-order valence-corrected chi connectivity index (χ4v) is 5.90. The first-order valence-corrected chi connectivity index (χ1v) is 12.4. The van der Waals surface area contributed by atoms with E-state index in [0.29, 0.717) is 56.1 Å². The molecule has 2 aliphatic rings. The minimum absolute atomic E-state index is 0.189. The van der Waals surface area contributed by atoms with E-state index in [1.165, 1.54) is 16.4 Å². The number of methoxy groups -OCH3 is 1. The zero-order chi connectivity index (χ0) is 22.1. The molecule has 2 heterocycles. The van der Waals surface area contributed by atoms with Crippen LogP contribution < -0.4 is 10.1 Å². The number of benzene rings is 2. The smallest absolute Gasteiger partial charge is 0.255 e. The van der Waals surface area contributed by atoms with Crippen molar-refractivity contribution in [2.24, 2.45) is 0 Å². The first-order chi connectivity index (χ1) is 14.8. The summed E-state index contributed by atoms with van der Waals surface area (Å²) >= 11 is 2.10. The van der Waals surface area contributed by atoms with Gasteiger partial charge in [-0.2, -0.15) is 4.31 Å². The highest BCUT2D eigenvalue weighted by Gasteiger charge is 2.42. The molecule has 0 unspecified atom stereocenters. The molecule has 0 aromatic heterocycles. The second-order valence-corrected chi connectivity index (χ2v) is 10.4. The number of nitrogens with zero attached hydrogens (tertiary/aromatic N) is 1. The second-order valence-electron chi connectivity index (χ2n) is 7.34. The van der Waals surface area contributed by atoms with Crippen LogP contribution in [0.2, 0.25) is 0 Å². The third-order valence-corrected chi connectivity index (χ3v) is 8.22. The van der Waals surface area contributed by atoms with E-state index < -0.39 is 15.8 Å². The van der Waals surface area contributed by atoms with E-state index in [4.69, 9.17) is 14.2 Å². The average molecular weight is 558 g/mol. The highest BCUT2D eigenvalue weighted by Crippen LogP contribution is 2.33. The monoisotopic (exact) mass is 558 g/mol. The molecule has 2 aromatic rings. The maximum Gasteiger partial charge on any atom is 0.255 e. The second kappa shape index (κ2) is 9.02. The summed E-state index contributed by atoms with van der Waals surface area (Å²) in [5.74, 6) is -0.213. The predicted octanol–water partition coefficient (Wildman–Crippen LogP) is 3.08. The number of amides is 1. The van der Waals surface area contributed by atoms with E-state index in [-0.39, 0.29) is 10.8 Å². The third kappa shape index (κ3) is 4.72.